The average molecular weight is 370 g/mol. The molecule has 0 atom stereocenters. The number of benzene rings is 3. The fraction of sp³-hybridized carbons (Fsp3) is 0.0500. The van der Waals surface area contributed by atoms with Crippen molar-refractivity contribution >= 4 is 45.0 Å². The molecule has 25 heavy (non-hydrogen) atoms. The highest BCUT2D eigenvalue weighted by Gasteiger charge is 2.13. The van der Waals surface area contributed by atoms with Crippen LogP contribution in [-0.2, 0) is 0 Å². The molecule has 5 heteroatoms. The predicted molar refractivity (Wildman–Crippen MR) is 102 cm³/mol. The van der Waals surface area contributed by atoms with Gasteiger partial charge >= 0.3 is 0 Å². The zero-order valence-electron chi connectivity index (χ0n) is 13.3. The van der Waals surface area contributed by atoms with E-state index in [1.54, 1.807) is 19.2 Å². The van der Waals surface area contributed by atoms with Gasteiger partial charge in [0, 0.05) is 20.8 Å². The molecule has 4 rings (SSSR count). The number of halogens is 2. The van der Waals surface area contributed by atoms with Crippen LogP contribution in [0.25, 0.3) is 21.8 Å². The fourth-order valence-corrected chi connectivity index (χ4v) is 3.01. The van der Waals surface area contributed by atoms with Gasteiger partial charge in [-0.25, -0.2) is 4.98 Å². The van der Waals surface area contributed by atoms with Gasteiger partial charge in [-0.3, -0.25) is 0 Å². The molecule has 0 aliphatic heterocycles. The van der Waals surface area contributed by atoms with Crippen LogP contribution in [0.2, 0.25) is 10.0 Å². The summed E-state index contributed by atoms with van der Waals surface area (Å²) in [4.78, 5) is 4.69. The monoisotopic (exact) mass is 369 g/mol. The highest BCUT2D eigenvalue weighted by Crippen LogP contribution is 2.38. The number of ether oxygens (including phenoxy) is 2. The molecule has 0 fully saturated rings. The van der Waals surface area contributed by atoms with Crippen molar-refractivity contribution in [3.63, 3.8) is 0 Å². The highest BCUT2D eigenvalue weighted by atomic mass is 35.5. The molecule has 0 radical (unpaired) electrons. The summed E-state index contributed by atoms with van der Waals surface area (Å²) in [5.41, 5.74) is 1.58. The summed E-state index contributed by atoms with van der Waals surface area (Å²) in [5, 5.41) is 3.03. The van der Waals surface area contributed by atoms with E-state index >= 15 is 0 Å². The number of rotatable bonds is 3. The van der Waals surface area contributed by atoms with E-state index in [4.69, 9.17) is 32.7 Å². The standard InChI is InChI=1S/C20H13Cl2NO2/c1-24-15-7-9-18-17(11-15)20(25-14-5-2-12(21)3-6-14)16-8-4-13(22)10-19(16)23-18/h2-11H,1H3. The summed E-state index contributed by atoms with van der Waals surface area (Å²) in [5.74, 6) is 2.14. The molecule has 3 aromatic carbocycles. The summed E-state index contributed by atoms with van der Waals surface area (Å²) in [6, 6.07) is 18.5. The second-order valence-electron chi connectivity index (χ2n) is 5.54. The van der Waals surface area contributed by atoms with Gasteiger partial charge in [-0.1, -0.05) is 23.2 Å². The maximum absolute atomic E-state index is 6.20. The molecule has 4 aromatic rings. The first-order valence-corrected chi connectivity index (χ1v) is 8.40. The predicted octanol–water partition coefficient (Wildman–Crippen LogP) is 6.50. The molecule has 0 spiro atoms. The Morgan fingerprint density at radius 1 is 0.720 bits per heavy atom. The molecule has 0 amide bonds. The van der Waals surface area contributed by atoms with Crippen molar-refractivity contribution in [1.82, 2.24) is 4.98 Å². The van der Waals surface area contributed by atoms with Crippen LogP contribution in [0, 0.1) is 0 Å². The van der Waals surface area contributed by atoms with Crippen molar-refractivity contribution in [3.05, 3.63) is 70.7 Å². The maximum atomic E-state index is 6.20. The Bertz CT molecular complexity index is 1080. The first-order chi connectivity index (χ1) is 12.1. The zero-order chi connectivity index (χ0) is 17.4. The van der Waals surface area contributed by atoms with Crippen LogP contribution in [-0.4, -0.2) is 12.1 Å². The third kappa shape index (κ3) is 3.09. The molecule has 0 N–H and O–H groups in total. The van der Waals surface area contributed by atoms with E-state index in [1.807, 2.05) is 48.5 Å². The summed E-state index contributed by atoms with van der Waals surface area (Å²) in [6.45, 7) is 0. The van der Waals surface area contributed by atoms with Gasteiger partial charge in [0.15, 0.2) is 0 Å². The lowest BCUT2D eigenvalue weighted by atomic mass is 10.1. The van der Waals surface area contributed by atoms with E-state index in [2.05, 4.69) is 4.98 Å². The Hall–Kier alpha value is -2.49. The van der Waals surface area contributed by atoms with Crippen molar-refractivity contribution < 1.29 is 9.47 Å². The van der Waals surface area contributed by atoms with Gasteiger partial charge in [-0.15, -0.1) is 0 Å². The second kappa shape index (κ2) is 6.43. The lowest BCUT2D eigenvalue weighted by Crippen LogP contribution is -1.92. The molecular formula is C20H13Cl2NO2. The number of aromatic nitrogens is 1. The number of hydrogen-bond donors (Lipinski definition) is 0. The average Bonchev–Trinajstić information content (AvgIpc) is 2.62. The van der Waals surface area contributed by atoms with Crippen molar-refractivity contribution in [2.75, 3.05) is 7.11 Å². The van der Waals surface area contributed by atoms with Gasteiger partial charge in [0.05, 0.1) is 18.1 Å². The summed E-state index contributed by atoms with van der Waals surface area (Å²) < 4.78 is 11.6. The minimum Gasteiger partial charge on any atom is -0.497 e. The van der Waals surface area contributed by atoms with Gasteiger partial charge in [0.1, 0.15) is 17.2 Å². The summed E-state index contributed by atoms with van der Waals surface area (Å²) in [7, 11) is 1.63. The Balaban J connectivity index is 1.99. The van der Waals surface area contributed by atoms with Crippen LogP contribution in [0.4, 0.5) is 0 Å². The van der Waals surface area contributed by atoms with E-state index in [9.17, 15) is 0 Å². The minimum atomic E-state index is 0.630. The molecule has 0 aliphatic carbocycles. The first kappa shape index (κ1) is 16.0. The number of pyridine rings is 1. The zero-order valence-corrected chi connectivity index (χ0v) is 14.8. The lowest BCUT2D eigenvalue weighted by Gasteiger charge is -2.13. The molecule has 0 saturated carbocycles. The van der Waals surface area contributed by atoms with Crippen LogP contribution in [0.15, 0.2) is 60.7 Å². The molecule has 1 aromatic heterocycles. The Morgan fingerprint density at radius 3 is 2.20 bits per heavy atom. The van der Waals surface area contributed by atoms with E-state index in [0.29, 0.717) is 21.5 Å². The molecule has 1 heterocycles. The number of methoxy groups -OCH3 is 1. The SMILES string of the molecule is COc1ccc2nc3cc(Cl)ccc3c(Oc3ccc(Cl)cc3)c2c1. The fourth-order valence-electron chi connectivity index (χ4n) is 2.72. The Kier molecular flexibility index (Phi) is 4.12. The third-order valence-corrected chi connectivity index (χ3v) is 4.41. The Labute approximate surface area is 154 Å². The minimum absolute atomic E-state index is 0.630. The van der Waals surface area contributed by atoms with Gasteiger partial charge in [0.2, 0.25) is 0 Å². The molecule has 0 unspecified atom stereocenters. The van der Waals surface area contributed by atoms with Crippen molar-refractivity contribution in [1.29, 1.82) is 0 Å². The van der Waals surface area contributed by atoms with E-state index in [-0.39, 0.29) is 0 Å². The quantitative estimate of drug-likeness (QED) is 0.386. The van der Waals surface area contributed by atoms with Crippen molar-refractivity contribution in [2.45, 2.75) is 0 Å². The molecule has 0 bridgehead atoms. The van der Waals surface area contributed by atoms with Crippen LogP contribution in [0.3, 0.4) is 0 Å². The molecular weight excluding hydrogens is 357 g/mol. The van der Waals surface area contributed by atoms with Crippen LogP contribution in [0.5, 0.6) is 17.2 Å². The van der Waals surface area contributed by atoms with E-state index in [0.717, 1.165) is 27.6 Å². The van der Waals surface area contributed by atoms with Gasteiger partial charge in [0.25, 0.3) is 0 Å². The summed E-state index contributed by atoms with van der Waals surface area (Å²) in [6.07, 6.45) is 0. The van der Waals surface area contributed by atoms with E-state index < -0.39 is 0 Å². The normalized spacial score (nSPS) is 11.0. The molecule has 0 saturated heterocycles. The third-order valence-electron chi connectivity index (χ3n) is 3.93. The molecule has 124 valence electrons. The van der Waals surface area contributed by atoms with E-state index in [1.165, 1.54) is 0 Å². The number of nitrogens with zero attached hydrogens (tertiary/aromatic N) is 1. The lowest BCUT2D eigenvalue weighted by molar-refractivity contribution is 0.415. The smallest absolute Gasteiger partial charge is 0.146 e. The highest BCUT2D eigenvalue weighted by molar-refractivity contribution is 6.31. The van der Waals surface area contributed by atoms with Crippen LogP contribution in [0.1, 0.15) is 0 Å². The Morgan fingerprint density at radius 2 is 1.44 bits per heavy atom. The van der Waals surface area contributed by atoms with Crippen LogP contribution < -0.4 is 9.47 Å². The maximum Gasteiger partial charge on any atom is 0.146 e. The first-order valence-electron chi connectivity index (χ1n) is 7.64. The largest absolute Gasteiger partial charge is 0.497 e. The summed E-state index contributed by atoms with van der Waals surface area (Å²) >= 11 is 12.1. The number of fused-ring (bicyclic) bond motifs is 2. The topological polar surface area (TPSA) is 31.4 Å². The van der Waals surface area contributed by atoms with Crippen molar-refractivity contribution in [3.8, 4) is 17.2 Å². The van der Waals surface area contributed by atoms with Crippen LogP contribution >= 0.6 is 23.2 Å². The second-order valence-corrected chi connectivity index (χ2v) is 6.41. The molecule has 3 nitrogen and oxygen atoms in total. The number of hydrogen-bond acceptors (Lipinski definition) is 3. The van der Waals surface area contributed by atoms with Gasteiger partial charge in [-0.2, -0.15) is 0 Å². The van der Waals surface area contributed by atoms with Crippen molar-refractivity contribution in [2.24, 2.45) is 0 Å². The molecule has 0 aliphatic rings. The van der Waals surface area contributed by atoms with Gasteiger partial charge < -0.3 is 9.47 Å². The van der Waals surface area contributed by atoms with Gasteiger partial charge in [-0.05, 0) is 60.7 Å².